The first-order valence-electron chi connectivity index (χ1n) is 7.04. The predicted molar refractivity (Wildman–Crippen MR) is 79.4 cm³/mol. The first kappa shape index (κ1) is 15.5. The lowest BCUT2D eigenvalue weighted by Gasteiger charge is -2.20. The van der Waals surface area contributed by atoms with Crippen LogP contribution < -0.4 is 0 Å². The molecule has 0 aliphatic heterocycles. The molecule has 0 saturated heterocycles. The molecule has 1 aliphatic rings. The van der Waals surface area contributed by atoms with E-state index in [0.29, 0.717) is 11.5 Å². The summed E-state index contributed by atoms with van der Waals surface area (Å²) in [5.74, 6) is 0. The van der Waals surface area contributed by atoms with Gasteiger partial charge in [-0.15, -0.1) is 0 Å². The number of ether oxygens (including phenoxy) is 1. The van der Waals surface area contributed by atoms with Gasteiger partial charge in [0.1, 0.15) is 0 Å². The molecule has 1 aliphatic carbocycles. The summed E-state index contributed by atoms with van der Waals surface area (Å²) >= 11 is 5.91. The van der Waals surface area contributed by atoms with Crippen molar-refractivity contribution in [2.45, 2.75) is 58.5 Å². The Hall–Kier alpha value is -0.530. The van der Waals surface area contributed by atoms with E-state index < -0.39 is 0 Å². The van der Waals surface area contributed by atoms with Gasteiger partial charge in [0.25, 0.3) is 0 Å². The molecule has 0 N–H and O–H groups in total. The molecule has 102 valence electrons. The molecule has 1 unspecified atom stereocenters. The summed E-state index contributed by atoms with van der Waals surface area (Å²) in [5, 5.41) is 0.817. The highest BCUT2D eigenvalue weighted by Gasteiger charge is 2.44. The van der Waals surface area contributed by atoms with Crippen LogP contribution in [0, 0.1) is 0 Å². The fraction of sp³-hybridized carbons (Fsp3) is 0.625. The molecule has 0 bridgehead atoms. The second kappa shape index (κ2) is 7.16. The number of hydrogen-bond acceptors (Lipinski definition) is 1. The van der Waals surface area contributed by atoms with E-state index in [1.165, 1.54) is 18.4 Å². The van der Waals surface area contributed by atoms with Gasteiger partial charge in [0.2, 0.25) is 0 Å². The average Bonchev–Trinajstić information content (AvgIpc) is 3.13. The van der Waals surface area contributed by atoms with Crippen LogP contribution >= 0.6 is 11.6 Å². The Morgan fingerprint density at radius 1 is 1.22 bits per heavy atom. The van der Waals surface area contributed by atoms with E-state index in [9.17, 15) is 0 Å². The highest BCUT2D eigenvalue weighted by Crippen LogP contribution is 2.52. The molecule has 2 heteroatoms. The highest BCUT2D eigenvalue weighted by atomic mass is 35.5. The summed E-state index contributed by atoms with van der Waals surface area (Å²) in [7, 11) is 0. The molecular formula is C16H25ClO. The van der Waals surface area contributed by atoms with Gasteiger partial charge in [-0.3, -0.25) is 0 Å². The zero-order valence-corrected chi connectivity index (χ0v) is 12.8. The molecule has 0 spiro atoms. The minimum Gasteiger partial charge on any atom is -0.379 e. The lowest BCUT2D eigenvalue weighted by molar-refractivity contribution is 0.0627. The maximum Gasteiger partial charge on any atom is 0.0555 e. The van der Waals surface area contributed by atoms with Crippen LogP contribution in [-0.2, 0) is 10.2 Å². The molecule has 1 fully saturated rings. The largest absolute Gasteiger partial charge is 0.379 e. The van der Waals surface area contributed by atoms with Crippen LogP contribution in [0.4, 0.5) is 0 Å². The second-order valence-electron chi connectivity index (χ2n) is 4.76. The van der Waals surface area contributed by atoms with Gasteiger partial charge in [-0.1, -0.05) is 37.6 Å². The van der Waals surface area contributed by atoms with Gasteiger partial charge < -0.3 is 4.74 Å². The van der Waals surface area contributed by atoms with Crippen molar-refractivity contribution in [1.82, 2.24) is 0 Å². The SMILES string of the molecule is CC.CCOC(C)CC1(c2ccc(Cl)cc2)CC1. The number of rotatable bonds is 5. The van der Waals surface area contributed by atoms with E-state index in [4.69, 9.17) is 16.3 Å². The third-order valence-electron chi connectivity index (χ3n) is 3.44. The van der Waals surface area contributed by atoms with Crippen molar-refractivity contribution < 1.29 is 4.74 Å². The Morgan fingerprint density at radius 2 is 1.78 bits per heavy atom. The molecule has 1 saturated carbocycles. The van der Waals surface area contributed by atoms with E-state index in [0.717, 1.165) is 18.1 Å². The van der Waals surface area contributed by atoms with Gasteiger partial charge in [-0.05, 0) is 56.2 Å². The van der Waals surface area contributed by atoms with Crippen molar-refractivity contribution in [1.29, 1.82) is 0 Å². The van der Waals surface area contributed by atoms with Gasteiger partial charge >= 0.3 is 0 Å². The van der Waals surface area contributed by atoms with E-state index in [1.807, 2.05) is 26.0 Å². The predicted octanol–water partition coefficient (Wildman–Crippen LogP) is 5.21. The molecule has 1 aromatic carbocycles. The van der Waals surface area contributed by atoms with Gasteiger partial charge in [-0.2, -0.15) is 0 Å². The first-order valence-corrected chi connectivity index (χ1v) is 7.42. The fourth-order valence-corrected chi connectivity index (χ4v) is 2.58. The van der Waals surface area contributed by atoms with Crippen molar-refractivity contribution in [2.75, 3.05) is 6.61 Å². The quantitative estimate of drug-likeness (QED) is 0.712. The molecule has 0 aromatic heterocycles. The number of hydrogen-bond donors (Lipinski definition) is 0. The molecule has 0 radical (unpaired) electrons. The van der Waals surface area contributed by atoms with Crippen molar-refractivity contribution in [2.24, 2.45) is 0 Å². The van der Waals surface area contributed by atoms with Crippen LogP contribution in [0.5, 0.6) is 0 Å². The number of halogens is 1. The highest BCUT2D eigenvalue weighted by molar-refractivity contribution is 6.30. The lowest BCUT2D eigenvalue weighted by Crippen LogP contribution is -2.18. The lowest BCUT2D eigenvalue weighted by atomic mass is 9.90. The molecule has 18 heavy (non-hydrogen) atoms. The maximum atomic E-state index is 5.91. The summed E-state index contributed by atoms with van der Waals surface area (Å²) < 4.78 is 5.64. The normalized spacial score (nSPS) is 17.6. The molecule has 1 atom stereocenters. The summed E-state index contributed by atoms with van der Waals surface area (Å²) in [6, 6.07) is 8.30. The van der Waals surface area contributed by atoms with Crippen molar-refractivity contribution >= 4 is 11.6 Å². The smallest absolute Gasteiger partial charge is 0.0555 e. The molecular weight excluding hydrogens is 244 g/mol. The minimum absolute atomic E-state index is 0.350. The molecule has 1 aromatic rings. The minimum atomic E-state index is 0.350. The zero-order valence-electron chi connectivity index (χ0n) is 12.0. The molecule has 1 nitrogen and oxygen atoms in total. The van der Waals surface area contributed by atoms with Crippen molar-refractivity contribution in [3.8, 4) is 0 Å². The van der Waals surface area contributed by atoms with Crippen LogP contribution in [0.2, 0.25) is 5.02 Å². The van der Waals surface area contributed by atoms with Crippen molar-refractivity contribution in [3.63, 3.8) is 0 Å². The van der Waals surface area contributed by atoms with Crippen molar-refractivity contribution in [3.05, 3.63) is 34.9 Å². The second-order valence-corrected chi connectivity index (χ2v) is 5.19. The Bertz CT molecular complexity index is 341. The van der Waals surface area contributed by atoms with Crippen LogP contribution in [-0.4, -0.2) is 12.7 Å². The van der Waals surface area contributed by atoms with E-state index in [1.54, 1.807) is 0 Å². The van der Waals surface area contributed by atoms with Gasteiger partial charge in [-0.25, -0.2) is 0 Å². The number of benzene rings is 1. The average molecular weight is 269 g/mol. The van der Waals surface area contributed by atoms with E-state index >= 15 is 0 Å². The summed E-state index contributed by atoms with van der Waals surface area (Å²) in [6.45, 7) is 9.02. The van der Waals surface area contributed by atoms with Crippen LogP contribution in [0.1, 0.15) is 52.5 Å². The topological polar surface area (TPSA) is 9.23 Å². The molecule has 0 amide bonds. The van der Waals surface area contributed by atoms with E-state index in [-0.39, 0.29) is 0 Å². The zero-order chi connectivity index (χ0) is 13.6. The summed E-state index contributed by atoms with van der Waals surface area (Å²) in [6.07, 6.45) is 4.05. The third kappa shape index (κ3) is 4.00. The first-order chi connectivity index (χ1) is 8.66. The van der Waals surface area contributed by atoms with Crippen LogP contribution in [0.25, 0.3) is 0 Å². The Morgan fingerprint density at radius 3 is 2.22 bits per heavy atom. The molecule has 0 heterocycles. The monoisotopic (exact) mass is 268 g/mol. The third-order valence-corrected chi connectivity index (χ3v) is 3.69. The van der Waals surface area contributed by atoms with E-state index in [2.05, 4.69) is 26.0 Å². The Balaban J connectivity index is 0.000000771. The summed E-state index contributed by atoms with van der Waals surface area (Å²) in [4.78, 5) is 0. The fourth-order valence-electron chi connectivity index (χ4n) is 2.46. The van der Waals surface area contributed by atoms with Gasteiger partial charge in [0.05, 0.1) is 6.10 Å². The standard InChI is InChI=1S/C14H19ClO.C2H6/c1-3-16-11(2)10-14(8-9-14)12-4-6-13(15)7-5-12;1-2/h4-7,11H,3,8-10H2,1-2H3;1-2H3. The van der Waals surface area contributed by atoms with Crippen LogP contribution in [0.15, 0.2) is 24.3 Å². The Labute approximate surface area is 116 Å². The molecule has 2 rings (SSSR count). The Kier molecular flexibility index (Phi) is 6.17. The van der Waals surface area contributed by atoms with Gasteiger partial charge in [0.15, 0.2) is 0 Å². The summed E-state index contributed by atoms with van der Waals surface area (Å²) in [5.41, 5.74) is 1.79. The maximum absolute atomic E-state index is 5.91. The van der Waals surface area contributed by atoms with Crippen LogP contribution in [0.3, 0.4) is 0 Å². The van der Waals surface area contributed by atoms with Gasteiger partial charge in [0, 0.05) is 11.6 Å².